The summed E-state index contributed by atoms with van der Waals surface area (Å²) < 4.78 is 5.27. The number of carboxylic acid groups (broad SMARTS) is 1. The molecule has 2 rings (SSSR count). The first kappa shape index (κ1) is 9.86. The fraction of sp³-hybridized carbons (Fsp3) is 0.273. The number of carboxylic acids is 1. The minimum atomic E-state index is -1.12. The van der Waals surface area contributed by atoms with Gasteiger partial charge in [0.15, 0.2) is 5.78 Å². The number of hydrogen-bond acceptors (Lipinski definition) is 3. The molecule has 0 aliphatic carbocycles. The Morgan fingerprint density at radius 3 is 2.87 bits per heavy atom. The molecule has 1 aliphatic heterocycles. The van der Waals surface area contributed by atoms with Gasteiger partial charge in [0.1, 0.15) is 12.5 Å². The lowest BCUT2D eigenvalue weighted by Gasteiger charge is -2.07. The van der Waals surface area contributed by atoms with E-state index in [0.29, 0.717) is 6.61 Å². The number of hydrogen-bond donors (Lipinski definition) is 1. The van der Waals surface area contributed by atoms with E-state index >= 15 is 0 Å². The van der Waals surface area contributed by atoms with Gasteiger partial charge >= 0.3 is 5.97 Å². The first-order valence-corrected chi connectivity index (χ1v) is 4.62. The highest BCUT2D eigenvalue weighted by Crippen LogP contribution is 2.31. The number of carbonyl (C=O) groups is 2. The van der Waals surface area contributed by atoms with Crippen LogP contribution in [0.15, 0.2) is 24.3 Å². The fourth-order valence-electron chi connectivity index (χ4n) is 1.69. The molecule has 1 atom stereocenters. The van der Waals surface area contributed by atoms with Gasteiger partial charge in [0.05, 0.1) is 6.61 Å². The van der Waals surface area contributed by atoms with Gasteiger partial charge in [-0.15, -0.1) is 0 Å². The van der Waals surface area contributed by atoms with Crippen LogP contribution in [0, 0.1) is 0 Å². The molecule has 15 heavy (non-hydrogen) atoms. The van der Waals surface area contributed by atoms with Gasteiger partial charge < -0.3 is 9.84 Å². The summed E-state index contributed by atoms with van der Waals surface area (Å²) in [5.41, 5.74) is 1.75. The topological polar surface area (TPSA) is 63.6 Å². The lowest BCUT2D eigenvalue weighted by molar-refractivity contribution is -0.143. The van der Waals surface area contributed by atoms with Gasteiger partial charge in [-0.25, -0.2) is 0 Å². The summed E-state index contributed by atoms with van der Waals surface area (Å²) in [6.45, 7) is 0.381. The van der Waals surface area contributed by atoms with Crippen LogP contribution in [-0.2, 0) is 20.9 Å². The lowest BCUT2D eigenvalue weighted by Crippen LogP contribution is -2.15. The summed E-state index contributed by atoms with van der Waals surface area (Å²) in [5, 5.41) is 8.52. The van der Waals surface area contributed by atoms with Crippen LogP contribution >= 0.6 is 0 Å². The molecule has 0 bridgehead atoms. The first-order chi connectivity index (χ1) is 7.18. The first-order valence-electron chi connectivity index (χ1n) is 4.62. The summed E-state index contributed by atoms with van der Waals surface area (Å²) >= 11 is 0. The average Bonchev–Trinajstić information content (AvgIpc) is 2.59. The quantitative estimate of drug-likeness (QED) is 0.757. The van der Waals surface area contributed by atoms with Gasteiger partial charge in [0, 0.05) is 0 Å². The second-order valence-electron chi connectivity index (χ2n) is 3.43. The third-order valence-corrected chi connectivity index (χ3v) is 2.36. The smallest absolute Gasteiger partial charge is 0.310 e. The molecular formula is C11H10O4. The number of aliphatic carboxylic acids is 1. The Bertz CT molecular complexity index is 411. The number of ketones is 1. The molecule has 1 heterocycles. The van der Waals surface area contributed by atoms with Crippen molar-refractivity contribution in [3.63, 3.8) is 0 Å². The zero-order valence-corrected chi connectivity index (χ0v) is 7.97. The van der Waals surface area contributed by atoms with Crippen molar-refractivity contribution >= 4 is 11.8 Å². The second kappa shape index (κ2) is 3.82. The van der Waals surface area contributed by atoms with Crippen LogP contribution in [0.4, 0.5) is 0 Å². The van der Waals surface area contributed by atoms with Crippen molar-refractivity contribution in [3.05, 3.63) is 35.4 Å². The molecule has 78 valence electrons. The largest absolute Gasteiger partial charge is 0.481 e. The molecule has 1 aromatic carbocycles. The van der Waals surface area contributed by atoms with E-state index in [1.165, 1.54) is 0 Å². The van der Waals surface area contributed by atoms with Crippen LogP contribution in [0.25, 0.3) is 0 Å². The Morgan fingerprint density at radius 1 is 1.40 bits per heavy atom. The Morgan fingerprint density at radius 2 is 2.13 bits per heavy atom. The molecule has 1 N–H and O–H groups in total. The minimum Gasteiger partial charge on any atom is -0.481 e. The Balaban J connectivity index is 2.20. The molecule has 4 heteroatoms. The molecule has 1 aliphatic rings. The standard InChI is InChI=1S/C11H10O4/c12-9(5-10(13)14)11-8-4-2-1-3-7(8)6-15-11/h1-4,11H,5-6H2,(H,13,14). The predicted molar refractivity (Wildman–Crippen MR) is 51.2 cm³/mol. The number of benzene rings is 1. The van der Waals surface area contributed by atoms with Crippen LogP contribution in [0.1, 0.15) is 23.7 Å². The molecule has 0 radical (unpaired) electrons. The zero-order valence-electron chi connectivity index (χ0n) is 7.97. The van der Waals surface area contributed by atoms with E-state index in [9.17, 15) is 9.59 Å². The van der Waals surface area contributed by atoms with Gasteiger partial charge in [-0.3, -0.25) is 9.59 Å². The fourth-order valence-corrected chi connectivity index (χ4v) is 1.69. The SMILES string of the molecule is O=C(O)CC(=O)C1OCc2ccccc21. The molecule has 1 unspecified atom stereocenters. The number of rotatable bonds is 3. The summed E-state index contributed by atoms with van der Waals surface area (Å²) in [5.74, 6) is -1.51. The molecule has 0 spiro atoms. The third-order valence-electron chi connectivity index (χ3n) is 2.36. The van der Waals surface area contributed by atoms with E-state index in [1.807, 2.05) is 18.2 Å². The van der Waals surface area contributed by atoms with Gasteiger partial charge in [-0.05, 0) is 11.1 Å². The van der Waals surface area contributed by atoms with Gasteiger partial charge in [-0.1, -0.05) is 24.3 Å². The number of fused-ring (bicyclic) bond motifs is 1. The van der Waals surface area contributed by atoms with E-state index in [1.54, 1.807) is 6.07 Å². The normalized spacial score (nSPS) is 18.5. The van der Waals surface area contributed by atoms with E-state index in [2.05, 4.69) is 0 Å². The van der Waals surface area contributed by atoms with Crippen molar-refractivity contribution in [2.24, 2.45) is 0 Å². The number of carbonyl (C=O) groups excluding carboxylic acids is 1. The molecule has 0 amide bonds. The molecule has 4 nitrogen and oxygen atoms in total. The maximum absolute atomic E-state index is 11.5. The molecule has 0 aromatic heterocycles. The monoisotopic (exact) mass is 206 g/mol. The molecule has 0 saturated heterocycles. The highest BCUT2D eigenvalue weighted by atomic mass is 16.5. The minimum absolute atomic E-state index is 0.381. The number of ether oxygens (including phenoxy) is 1. The third kappa shape index (κ3) is 1.89. The van der Waals surface area contributed by atoms with Crippen molar-refractivity contribution in [1.29, 1.82) is 0 Å². The van der Waals surface area contributed by atoms with Crippen molar-refractivity contribution in [3.8, 4) is 0 Å². The van der Waals surface area contributed by atoms with Crippen LogP contribution in [0.2, 0.25) is 0 Å². The van der Waals surface area contributed by atoms with Crippen LogP contribution in [-0.4, -0.2) is 16.9 Å². The summed E-state index contributed by atoms with van der Waals surface area (Å²) in [7, 11) is 0. The van der Waals surface area contributed by atoms with E-state index < -0.39 is 24.3 Å². The molecule has 1 aromatic rings. The van der Waals surface area contributed by atoms with Crippen molar-refractivity contribution in [2.45, 2.75) is 19.1 Å². The van der Waals surface area contributed by atoms with E-state index in [-0.39, 0.29) is 0 Å². The second-order valence-corrected chi connectivity index (χ2v) is 3.43. The van der Waals surface area contributed by atoms with Crippen LogP contribution in [0.3, 0.4) is 0 Å². The zero-order chi connectivity index (χ0) is 10.8. The number of Topliss-reactive ketones (excluding diaryl/α,β-unsaturated/α-hetero) is 1. The van der Waals surface area contributed by atoms with Gasteiger partial charge in [-0.2, -0.15) is 0 Å². The average molecular weight is 206 g/mol. The molecule has 0 saturated carbocycles. The van der Waals surface area contributed by atoms with Crippen molar-refractivity contribution in [2.75, 3.05) is 0 Å². The molecular weight excluding hydrogens is 196 g/mol. The Hall–Kier alpha value is -1.68. The summed E-state index contributed by atoms with van der Waals surface area (Å²) in [6, 6.07) is 7.36. The Kier molecular flexibility index (Phi) is 2.51. The predicted octanol–water partition coefficient (Wildman–Crippen LogP) is 1.30. The lowest BCUT2D eigenvalue weighted by atomic mass is 10.0. The maximum Gasteiger partial charge on any atom is 0.310 e. The van der Waals surface area contributed by atoms with E-state index in [0.717, 1.165) is 11.1 Å². The van der Waals surface area contributed by atoms with Gasteiger partial charge in [0.2, 0.25) is 0 Å². The van der Waals surface area contributed by atoms with Crippen LogP contribution < -0.4 is 0 Å². The maximum atomic E-state index is 11.5. The van der Waals surface area contributed by atoms with Crippen molar-refractivity contribution in [1.82, 2.24) is 0 Å². The van der Waals surface area contributed by atoms with Gasteiger partial charge in [0.25, 0.3) is 0 Å². The highest BCUT2D eigenvalue weighted by molar-refractivity contribution is 5.98. The Labute approximate surface area is 86.5 Å². The highest BCUT2D eigenvalue weighted by Gasteiger charge is 2.29. The summed E-state index contributed by atoms with van der Waals surface area (Å²) in [6.07, 6.45) is -1.18. The molecule has 0 fully saturated rings. The summed E-state index contributed by atoms with van der Waals surface area (Å²) in [4.78, 5) is 21.9. The van der Waals surface area contributed by atoms with Crippen molar-refractivity contribution < 1.29 is 19.4 Å². The van der Waals surface area contributed by atoms with E-state index in [4.69, 9.17) is 9.84 Å². The van der Waals surface area contributed by atoms with Crippen LogP contribution in [0.5, 0.6) is 0 Å².